The molecule has 1 saturated heterocycles. The SMILES string of the molecule is Cc1cnc2c(-c3ccncc3)cnn2c1C1CCCN(Cc2ccccc2)C1. The zero-order chi connectivity index (χ0) is 19.6. The average Bonchev–Trinajstić information content (AvgIpc) is 3.19. The van der Waals surface area contributed by atoms with Crippen molar-refractivity contribution in [2.45, 2.75) is 32.2 Å². The molecule has 0 aliphatic carbocycles. The molecule has 1 aliphatic rings. The van der Waals surface area contributed by atoms with Gasteiger partial charge in [0.05, 0.1) is 11.9 Å². The van der Waals surface area contributed by atoms with Gasteiger partial charge in [0.2, 0.25) is 0 Å². The Balaban J connectivity index is 1.48. The minimum absolute atomic E-state index is 0.461. The Morgan fingerprint density at radius 1 is 1.03 bits per heavy atom. The van der Waals surface area contributed by atoms with Gasteiger partial charge >= 0.3 is 0 Å². The molecule has 4 aromatic rings. The fourth-order valence-electron chi connectivity index (χ4n) is 4.53. The lowest BCUT2D eigenvalue weighted by Gasteiger charge is -2.33. The van der Waals surface area contributed by atoms with E-state index in [1.54, 1.807) is 0 Å². The van der Waals surface area contributed by atoms with Crippen LogP contribution in [0.3, 0.4) is 0 Å². The second-order valence-electron chi connectivity index (χ2n) is 7.92. The molecular weight excluding hydrogens is 358 g/mol. The molecule has 1 aliphatic heterocycles. The van der Waals surface area contributed by atoms with Crippen molar-refractivity contribution >= 4 is 5.65 Å². The van der Waals surface area contributed by atoms with Gasteiger partial charge in [-0.25, -0.2) is 9.50 Å². The Kier molecular flexibility index (Phi) is 4.82. The summed E-state index contributed by atoms with van der Waals surface area (Å²) in [6.07, 6.45) is 9.97. The topological polar surface area (TPSA) is 46.3 Å². The monoisotopic (exact) mass is 383 g/mol. The Hall–Kier alpha value is -3.05. The van der Waals surface area contributed by atoms with Crippen molar-refractivity contribution < 1.29 is 0 Å². The number of hydrogen-bond donors (Lipinski definition) is 0. The summed E-state index contributed by atoms with van der Waals surface area (Å²) in [7, 11) is 0. The minimum atomic E-state index is 0.461. The van der Waals surface area contributed by atoms with Crippen molar-refractivity contribution in [3.05, 3.63) is 84.1 Å². The van der Waals surface area contributed by atoms with Crippen molar-refractivity contribution in [3.63, 3.8) is 0 Å². The Labute approximate surface area is 171 Å². The van der Waals surface area contributed by atoms with E-state index in [1.807, 2.05) is 36.9 Å². The summed E-state index contributed by atoms with van der Waals surface area (Å²) in [4.78, 5) is 11.4. The van der Waals surface area contributed by atoms with Crippen LogP contribution in [0.4, 0.5) is 0 Å². The van der Waals surface area contributed by atoms with Gasteiger partial charge in [-0.1, -0.05) is 30.3 Å². The lowest BCUT2D eigenvalue weighted by Crippen LogP contribution is -2.35. The van der Waals surface area contributed by atoms with Crippen molar-refractivity contribution in [3.8, 4) is 11.1 Å². The summed E-state index contributed by atoms with van der Waals surface area (Å²) in [5.41, 5.74) is 6.99. The zero-order valence-corrected chi connectivity index (χ0v) is 16.7. The van der Waals surface area contributed by atoms with Gasteiger partial charge in [0.1, 0.15) is 0 Å². The van der Waals surface area contributed by atoms with Crippen molar-refractivity contribution in [2.75, 3.05) is 13.1 Å². The fourth-order valence-corrected chi connectivity index (χ4v) is 4.53. The first kappa shape index (κ1) is 18.0. The van der Waals surface area contributed by atoms with Crippen LogP contribution in [0.2, 0.25) is 0 Å². The summed E-state index contributed by atoms with van der Waals surface area (Å²) >= 11 is 0. The molecule has 0 N–H and O–H groups in total. The molecule has 0 bridgehead atoms. The first-order chi connectivity index (χ1) is 14.3. The second kappa shape index (κ2) is 7.76. The Morgan fingerprint density at radius 3 is 2.69 bits per heavy atom. The largest absolute Gasteiger partial charge is 0.298 e. The molecule has 1 aromatic carbocycles. The highest BCUT2D eigenvalue weighted by molar-refractivity contribution is 5.76. The second-order valence-corrected chi connectivity index (χ2v) is 7.92. The van der Waals surface area contributed by atoms with E-state index in [0.717, 1.165) is 36.4 Å². The summed E-state index contributed by atoms with van der Waals surface area (Å²) in [5.74, 6) is 0.461. The number of benzene rings is 1. The molecule has 1 fully saturated rings. The Bertz CT molecular complexity index is 1100. The van der Waals surface area contributed by atoms with E-state index in [0.29, 0.717) is 5.92 Å². The first-order valence-corrected chi connectivity index (χ1v) is 10.3. The quantitative estimate of drug-likeness (QED) is 0.521. The van der Waals surface area contributed by atoms with Crippen LogP contribution in [0, 0.1) is 6.92 Å². The number of nitrogens with zero attached hydrogens (tertiary/aromatic N) is 5. The maximum atomic E-state index is 4.76. The minimum Gasteiger partial charge on any atom is -0.298 e. The van der Waals surface area contributed by atoms with E-state index in [9.17, 15) is 0 Å². The van der Waals surface area contributed by atoms with Crippen LogP contribution < -0.4 is 0 Å². The van der Waals surface area contributed by atoms with Crippen LogP contribution in [0.1, 0.15) is 35.6 Å². The van der Waals surface area contributed by atoms with Crippen molar-refractivity contribution in [1.82, 2.24) is 24.5 Å². The highest BCUT2D eigenvalue weighted by Crippen LogP contribution is 2.32. The van der Waals surface area contributed by atoms with Gasteiger partial charge in [0.15, 0.2) is 5.65 Å². The summed E-state index contributed by atoms with van der Waals surface area (Å²) < 4.78 is 2.07. The smallest absolute Gasteiger partial charge is 0.163 e. The molecule has 4 heterocycles. The van der Waals surface area contributed by atoms with E-state index in [4.69, 9.17) is 10.1 Å². The fraction of sp³-hybridized carbons (Fsp3) is 0.292. The molecular formula is C24H25N5. The molecule has 146 valence electrons. The van der Waals surface area contributed by atoms with Gasteiger partial charge in [-0.05, 0) is 55.1 Å². The molecule has 0 spiro atoms. The lowest BCUT2D eigenvalue weighted by molar-refractivity contribution is 0.197. The third-order valence-corrected chi connectivity index (χ3v) is 5.89. The van der Waals surface area contributed by atoms with Gasteiger partial charge in [-0.3, -0.25) is 9.88 Å². The van der Waals surface area contributed by atoms with Crippen molar-refractivity contribution in [2.24, 2.45) is 0 Å². The van der Waals surface area contributed by atoms with Gasteiger partial charge in [-0.15, -0.1) is 0 Å². The summed E-state index contributed by atoms with van der Waals surface area (Å²) in [5, 5.41) is 4.76. The van der Waals surface area contributed by atoms with Crippen LogP contribution >= 0.6 is 0 Å². The first-order valence-electron chi connectivity index (χ1n) is 10.3. The number of likely N-dealkylation sites (tertiary alicyclic amines) is 1. The van der Waals surface area contributed by atoms with Crippen LogP contribution in [-0.4, -0.2) is 37.6 Å². The standard InChI is InChI=1S/C24H25N5/c1-18-14-26-24-22(20-9-11-25-12-10-20)15-27-29(24)23(18)21-8-5-13-28(17-21)16-19-6-3-2-4-7-19/h2-4,6-7,9-12,14-15,21H,5,8,13,16-17H2,1H3. The number of rotatable bonds is 4. The maximum Gasteiger partial charge on any atom is 0.163 e. The molecule has 29 heavy (non-hydrogen) atoms. The molecule has 5 heteroatoms. The van der Waals surface area contributed by atoms with E-state index in [-0.39, 0.29) is 0 Å². The van der Waals surface area contributed by atoms with E-state index >= 15 is 0 Å². The van der Waals surface area contributed by atoms with Crippen molar-refractivity contribution in [1.29, 1.82) is 0 Å². The predicted molar refractivity (Wildman–Crippen MR) is 115 cm³/mol. The summed E-state index contributed by atoms with van der Waals surface area (Å²) in [6, 6.07) is 14.8. The molecule has 0 radical (unpaired) electrons. The van der Waals surface area contributed by atoms with Gasteiger partial charge < -0.3 is 0 Å². The van der Waals surface area contributed by atoms with Crippen LogP contribution in [0.25, 0.3) is 16.8 Å². The highest BCUT2D eigenvalue weighted by atomic mass is 15.3. The van der Waals surface area contributed by atoms with Gasteiger partial charge in [-0.2, -0.15) is 5.10 Å². The molecule has 0 saturated carbocycles. The van der Waals surface area contributed by atoms with Crippen LogP contribution in [-0.2, 0) is 6.54 Å². The number of aromatic nitrogens is 4. The molecule has 1 atom stereocenters. The molecule has 5 rings (SSSR count). The molecule has 0 amide bonds. The third-order valence-electron chi connectivity index (χ3n) is 5.89. The van der Waals surface area contributed by atoms with E-state index in [2.05, 4.69) is 51.7 Å². The molecule has 3 aromatic heterocycles. The number of aryl methyl sites for hydroxylation is 1. The third kappa shape index (κ3) is 3.54. The summed E-state index contributed by atoms with van der Waals surface area (Å²) in [6.45, 7) is 5.37. The van der Waals surface area contributed by atoms with Gasteiger partial charge in [0.25, 0.3) is 0 Å². The Morgan fingerprint density at radius 2 is 1.86 bits per heavy atom. The normalized spacial score (nSPS) is 17.6. The highest BCUT2D eigenvalue weighted by Gasteiger charge is 2.26. The maximum absolute atomic E-state index is 4.76. The number of hydrogen-bond acceptors (Lipinski definition) is 4. The number of piperidine rings is 1. The van der Waals surface area contributed by atoms with E-state index < -0.39 is 0 Å². The number of pyridine rings is 1. The average molecular weight is 383 g/mol. The zero-order valence-electron chi connectivity index (χ0n) is 16.7. The molecule has 5 nitrogen and oxygen atoms in total. The van der Waals surface area contributed by atoms with Crippen LogP contribution in [0.15, 0.2) is 67.3 Å². The van der Waals surface area contributed by atoms with Gasteiger partial charge in [0, 0.05) is 43.2 Å². The predicted octanol–water partition coefficient (Wildman–Crippen LogP) is 4.48. The number of fused-ring (bicyclic) bond motifs is 1. The lowest BCUT2D eigenvalue weighted by atomic mass is 9.92. The van der Waals surface area contributed by atoms with Crippen LogP contribution in [0.5, 0.6) is 0 Å². The molecule has 1 unspecified atom stereocenters. The van der Waals surface area contributed by atoms with E-state index in [1.165, 1.54) is 29.7 Å².